The number of carbonyl (C=O) groups is 1. The zero-order valence-electron chi connectivity index (χ0n) is 10.7. The summed E-state index contributed by atoms with van der Waals surface area (Å²) in [5.41, 5.74) is 0.198. The maximum Gasteiger partial charge on any atom is 0.237 e. The van der Waals surface area contributed by atoms with Crippen LogP contribution in [0.25, 0.3) is 0 Å². The molecule has 0 aromatic heterocycles. The van der Waals surface area contributed by atoms with Crippen LogP contribution in [0.2, 0.25) is 10.0 Å². The average Bonchev–Trinajstić information content (AvgIpc) is 2.33. The number of hydrogen-bond acceptors (Lipinski definition) is 3. The van der Waals surface area contributed by atoms with Gasteiger partial charge in [0.2, 0.25) is 15.9 Å². The molecule has 0 heterocycles. The topological polar surface area (TPSA) is 75.3 Å². The number of halogens is 3. The molecule has 1 amide bonds. The van der Waals surface area contributed by atoms with E-state index in [1.807, 2.05) is 4.72 Å². The maximum atomic E-state index is 13.4. The minimum atomic E-state index is -3.68. The van der Waals surface area contributed by atoms with Crippen LogP contribution in [-0.4, -0.2) is 27.1 Å². The Morgan fingerprint density at radius 2 is 2.00 bits per heavy atom. The molecule has 0 radical (unpaired) electrons. The van der Waals surface area contributed by atoms with Gasteiger partial charge >= 0.3 is 0 Å². The summed E-state index contributed by atoms with van der Waals surface area (Å²) in [6.45, 7) is 1.52. The van der Waals surface area contributed by atoms with E-state index in [1.54, 1.807) is 0 Å². The van der Waals surface area contributed by atoms with Gasteiger partial charge in [-0.05, 0) is 26.1 Å². The molecule has 0 aliphatic rings. The van der Waals surface area contributed by atoms with Gasteiger partial charge in [-0.2, -0.15) is 0 Å². The van der Waals surface area contributed by atoms with Crippen LogP contribution in [0.3, 0.4) is 0 Å². The van der Waals surface area contributed by atoms with Gasteiger partial charge < -0.3 is 5.32 Å². The molecule has 0 aliphatic heterocycles. The number of sulfonamides is 1. The van der Waals surface area contributed by atoms with E-state index in [-0.39, 0.29) is 15.6 Å². The van der Waals surface area contributed by atoms with Crippen molar-refractivity contribution in [2.45, 2.75) is 13.0 Å². The summed E-state index contributed by atoms with van der Waals surface area (Å²) in [4.78, 5) is 11.6. The molecule has 1 aromatic rings. The number of amides is 1. The van der Waals surface area contributed by atoms with E-state index in [0.717, 1.165) is 6.07 Å². The van der Waals surface area contributed by atoms with Crippen molar-refractivity contribution in [1.29, 1.82) is 0 Å². The van der Waals surface area contributed by atoms with Crippen LogP contribution < -0.4 is 10.0 Å². The fraction of sp³-hybridized carbons (Fsp3) is 0.364. The highest BCUT2D eigenvalue weighted by Gasteiger charge is 2.21. The second-order valence-corrected chi connectivity index (χ2v) is 6.72. The van der Waals surface area contributed by atoms with Crippen molar-refractivity contribution in [3.8, 4) is 0 Å². The summed E-state index contributed by atoms with van der Waals surface area (Å²) in [6.07, 6.45) is 0. The fourth-order valence-electron chi connectivity index (χ4n) is 1.54. The monoisotopic (exact) mass is 342 g/mol. The van der Waals surface area contributed by atoms with Crippen molar-refractivity contribution in [2.24, 2.45) is 0 Å². The smallest absolute Gasteiger partial charge is 0.237 e. The Morgan fingerprint density at radius 3 is 2.55 bits per heavy atom. The van der Waals surface area contributed by atoms with Gasteiger partial charge in [0.25, 0.3) is 0 Å². The number of carbonyl (C=O) groups excluding carboxylic acids is 1. The molecule has 5 nitrogen and oxygen atoms in total. The molecule has 20 heavy (non-hydrogen) atoms. The lowest BCUT2D eigenvalue weighted by Gasteiger charge is -2.17. The average molecular weight is 343 g/mol. The van der Waals surface area contributed by atoms with E-state index in [2.05, 4.69) is 5.32 Å². The van der Waals surface area contributed by atoms with Crippen LogP contribution in [0.1, 0.15) is 18.5 Å². The van der Waals surface area contributed by atoms with E-state index in [4.69, 9.17) is 23.2 Å². The van der Waals surface area contributed by atoms with Crippen LogP contribution in [-0.2, 0) is 14.8 Å². The summed E-state index contributed by atoms with van der Waals surface area (Å²) in [7, 11) is -2.48. The zero-order valence-corrected chi connectivity index (χ0v) is 13.0. The molecular weight excluding hydrogens is 330 g/mol. The van der Waals surface area contributed by atoms with Gasteiger partial charge in [0.1, 0.15) is 11.6 Å². The van der Waals surface area contributed by atoms with E-state index < -0.39 is 33.5 Å². The maximum absolute atomic E-state index is 13.4. The van der Waals surface area contributed by atoms with Crippen molar-refractivity contribution in [3.05, 3.63) is 33.6 Å². The summed E-state index contributed by atoms with van der Waals surface area (Å²) in [5.74, 6) is -2.16. The summed E-state index contributed by atoms with van der Waals surface area (Å²) in [6, 6.07) is 1.68. The van der Waals surface area contributed by atoms with Crippen molar-refractivity contribution in [1.82, 2.24) is 10.0 Å². The lowest BCUT2D eigenvalue weighted by Crippen LogP contribution is -2.36. The zero-order chi connectivity index (χ0) is 15.5. The number of rotatable bonds is 5. The number of nitrogens with one attached hydrogen (secondary N) is 2. The SMILES string of the molecule is CNS(=O)(=O)CC(=O)N[C@@H](C)c1c(Cl)ccc(F)c1Cl. The lowest BCUT2D eigenvalue weighted by atomic mass is 10.1. The molecular formula is C11H13Cl2FN2O3S. The van der Waals surface area contributed by atoms with Gasteiger partial charge in [-0.15, -0.1) is 0 Å². The third-order valence-electron chi connectivity index (χ3n) is 2.52. The Morgan fingerprint density at radius 1 is 1.40 bits per heavy atom. The Balaban J connectivity index is 2.90. The standard InChI is InChI=1S/C11H13Cl2FN2O3S/c1-6(16-9(17)5-20(18,19)15-2)10-7(12)3-4-8(14)11(10)13/h3-4,6,15H,5H2,1-2H3,(H,16,17)/t6-/m0/s1. The second kappa shape index (κ2) is 6.71. The number of benzene rings is 1. The molecule has 0 unspecified atom stereocenters. The molecule has 0 spiro atoms. The van der Waals surface area contributed by atoms with Crippen molar-refractivity contribution < 1.29 is 17.6 Å². The molecule has 1 rings (SSSR count). The highest BCUT2D eigenvalue weighted by atomic mass is 35.5. The van der Waals surface area contributed by atoms with Crippen molar-refractivity contribution in [3.63, 3.8) is 0 Å². The normalized spacial score (nSPS) is 13.1. The van der Waals surface area contributed by atoms with Gasteiger partial charge in [-0.1, -0.05) is 23.2 Å². The van der Waals surface area contributed by atoms with Gasteiger partial charge in [0.15, 0.2) is 0 Å². The first-order chi connectivity index (χ1) is 9.18. The molecule has 1 aromatic carbocycles. The van der Waals surface area contributed by atoms with E-state index in [0.29, 0.717) is 0 Å². The van der Waals surface area contributed by atoms with Crippen molar-refractivity contribution >= 4 is 39.1 Å². The van der Waals surface area contributed by atoms with Crippen LogP contribution in [0.5, 0.6) is 0 Å². The minimum absolute atomic E-state index is 0.181. The minimum Gasteiger partial charge on any atom is -0.349 e. The first-order valence-corrected chi connectivity index (χ1v) is 7.92. The van der Waals surface area contributed by atoms with Crippen LogP contribution in [0.4, 0.5) is 4.39 Å². The molecule has 0 saturated carbocycles. The van der Waals surface area contributed by atoms with Gasteiger partial charge in [-0.3, -0.25) is 4.79 Å². The molecule has 1 atom stereocenters. The number of hydrogen-bond donors (Lipinski definition) is 2. The molecule has 9 heteroatoms. The molecule has 112 valence electrons. The van der Waals surface area contributed by atoms with Crippen molar-refractivity contribution in [2.75, 3.05) is 12.8 Å². The highest BCUT2D eigenvalue weighted by molar-refractivity contribution is 7.90. The van der Waals surface area contributed by atoms with Gasteiger partial charge in [-0.25, -0.2) is 17.5 Å². The van der Waals surface area contributed by atoms with Crippen LogP contribution in [0.15, 0.2) is 12.1 Å². The van der Waals surface area contributed by atoms with E-state index >= 15 is 0 Å². The lowest BCUT2D eigenvalue weighted by molar-refractivity contribution is -0.119. The Bertz CT molecular complexity index is 622. The Hall–Kier alpha value is -0.890. The first kappa shape index (κ1) is 17.2. The summed E-state index contributed by atoms with van der Waals surface area (Å²) in [5, 5.41) is 2.38. The van der Waals surface area contributed by atoms with E-state index in [1.165, 1.54) is 20.0 Å². The molecule has 2 N–H and O–H groups in total. The molecule has 0 fully saturated rings. The van der Waals surface area contributed by atoms with Crippen LogP contribution in [0, 0.1) is 5.82 Å². The van der Waals surface area contributed by atoms with Crippen LogP contribution >= 0.6 is 23.2 Å². The third-order valence-corrected chi connectivity index (χ3v) is 4.50. The van der Waals surface area contributed by atoms with Gasteiger partial charge in [0.05, 0.1) is 11.1 Å². The molecule has 0 bridgehead atoms. The Labute approximate surface area is 126 Å². The predicted molar refractivity (Wildman–Crippen MR) is 75.8 cm³/mol. The quantitative estimate of drug-likeness (QED) is 0.802. The summed E-state index contributed by atoms with van der Waals surface area (Å²) >= 11 is 11.7. The fourth-order valence-corrected chi connectivity index (χ4v) is 2.81. The Kier molecular flexibility index (Phi) is 5.76. The first-order valence-electron chi connectivity index (χ1n) is 5.52. The highest BCUT2D eigenvalue weighted by Crippen LogP contribution is 2.32. The molecule has 0 saturated heterocycles. The second-order valence-electron chi connectivity index (χ2n) is 4.01. The van der Waals surface area contributed by atoms with E-state index in [9.17, 15) is 17.6 Å². The van der Waals surface area contributed by atoms with Gasteiger partial charge in [0, 0.05) is 10.6 Å². The molecule has 0 aliphatic carbocycles. The largest absolute Gasteiger partial charge is 0.349 e. The predicted octanol–water partition coefficient (Wildman–Crippen LogP) is 1.86. The summed E-state index contributed by atoms with van der Waals surface area (Å²) < 4.78 is 37.9. The third kappa shape index (κ3) is 4.31.